The normalized spacial score (nSPS) is 11.1. The molecule has 0 unspecified atom stereocenters. The second-order valence-corrected chi connectivity index (χ2v) is 7.32. The Morgan fingerprint density at radius 1 is 0.926 bits per heavy atom. The lowest BCUT2D eigenvalue weighted by Gasteiger charge is -2.06. The molecular formula is C19H18N6OS. The van der Waals surface area contributed by atoms with Crippen LogP contribution in [0.1, 0.15) is 22.6 Å². The monoisotopic (exact) mass is 378 g/mol. The van der Waals surface area contributed by atoms with Crippen molar-refractivity contribution in [1.29, 1.82) is 0 Å². The summed E-state index contributed by atoms with van der Waals surface area (Å²) in [5.41, 5.74) is 5.33. The molecule has 0 spiro atoms. The Morgan fingerprint density at radius 3 is 2.52 bits per heavy atom. The first-order valence-corrected chi connectivity index (χ1v) is 9.46. The summed E-state index contributed by atoms with van der Waals surface area (Å²) in [5, 5.41) is 21.0. The van der Waals surface area contributed by atoms with Crippen molar-refractivity contribution in [2.75, 3.05) is 0 Å². The van der Waals surface area contributed by atoms with Gasteiger partial charge in [-0.3, -0.25) is 0 Å². The van der Waals surface area contributed by atoms with Gasteiger partial charge in [-0.15, -0.1) is 15.3 Å². The Balaban J connectivity index is 1.51. The average Bonchev–Trinajstić information content (AvgIpc) is 3.28. The van der Waals surface area contributed by atoms with Crippen LogP contribution in [-0.2, 0) is 5.75 Å². The van der Waals surface area contributed by atoms with E-state index < -0.39 is 0 Å². The predicted octanol–water partition coefficient (Wildman–Crippen LogP) is 3.93. The van der Waals surface area contributed by atoms with Crippen molar-refractivity contribution in [3.63, 3.8) is 0 Å². The average molecular weight is 378 g/mol. The summed E-state index contributed by atoms with van der Waals surface area (Å²) in [5.74, 6) is 1.54. The number of thioether (sulfide) groups is 1. The maximum atomic E-state index is 5.79. The summed E-state index contributed by atoms with van der Waals surface area (Å²) in [6.45, 7) is 6.14. The molecule has 0 aliphatic carbocycles. The lowest BCUT2D eigenvalue weighted by atomic mass is 10.1. The Bertz CT molecular complexity index is 1070. The number of nitrogens with zero attached hydrogens (tertiary/aromatic N) is 6. The Hall–Kier alpha value is -3.00. The van der Waals surface area contributed by atoms with Crippen LogP contribution in [-0.4, -0.2) is 30.4 Å². The molecule has 2 heterocycles. The lowest BCUT2D eigenvalue weighted by Crippen LogP contribution is -2.00. The molecule has 2 aromatic heterocycles. The zero-order valence-corrected chi connectivity index (χ0v) is 16.1. The third-order valence-corrected chi connectivity index (χ3v) is 4.85. The quantitative estimate of drug-likeness (QED) is 0.487. The van der Waals surface area contributed by atoms with E-state index in [2.05, 4.69) is 57.8 Å². The first-order valence-electron chi connectivity index (χ1n) is 8.48. The van der Waals surface area contributed by atoms with Gasteiger partial charge in [0, 0.05) is 5.56 Å². The fourth-order valence-electron chi connectivity index (χ4n) is 2.84. The van der Waals surface area contributed by atoms with Gasteiger partial charge in [0.15, 0.2) is 0 Å². The smallest absolute Gasteiger partial charge is 0.247 e. The topological polar surface area (TPSA) is 82.5 Å². The maximum Gasteiger partial charge on any atom is 0.247 e. The Labute approximate surface area is 160 Å². The van der Waals surface area contributed by atoms with Crippen LogP contribution in [0.4, 0.5) is 0 Å². The van der Waals surface area contributed by atoms with Gasteiger partial charge in [-0.1, -0.05) is 35.5 Å². The Morgan fingerprint density at radius 2 is 1.74 bits per heavy atom. The van der Waals surface area contributed by atoms with Crippen LogP contribution in [0.2, 0.25) is 0 Å². The van der Waals surface area contributed by atoms with Gasteiger partial charge in [-0.05, 0) is 66.6 Å². The molecule has 0 radical (unpaired) electrons. The summed E-state index contributed by atoms with van der Waals surface area (Å²) in [4.78, 5) is 0. The number of aryl methyl sites for hydroxylation is 3. The van der Waals surface area contributed by atoms with E-state index in [0.29, 0.717) is 22.7 Å². The van der Waals surface area contributed by atoms with Gasteiger partial charge in [-0.2, -0.15) is 4.68 Å². The van der Waals surface area contributed by atoms with Crippen LogP contribution in [0.15, 0.2) is 52.0 Å². The fraction of sp³-hybridized carbons (Fsp3) is 0.211. The van der Waals surface area contributed by atoms with Crippen LogP contribution in [0.5, 0.6) is 0 Å². The van der Waals surface area contributed by atoms with E-state index in [1.807, 2.05) is 31.2 Å². The second kappa shape index (κ2) is 7.32. The van der Waals surface area contributed by atoms with Crippen LogP contribution in [0, 0.1) is 20.8 Å². The highest BCUT2D eigenvalue weighted by atomic mass is 32.2. The molecule has 27 heavy (non-hydrogen) atoms. The summed E-state index contributed by atoms with van der Waals surface area (Å²) >= 11 is 1.46. The van der Waals surface area contributed by atoms with E-state index in [-0.39, 0.29) is 0 Å². The molecule has 2 aromatic carbocycles. The molecule has 0 bridgehead atoms. The number of hydrogen-bond donors (Lipinski definition) is 0. The number of tetrazole rings is 1. The van der Waals surface area contributed by atoms with Crippen LogP contribution in [0.25, 0.3) is 17.1 Å². The van der Waals surface area contributed by atoms with Crippen molar-refractivity contribution in [2.24, 2.45) is 0 Å². The number of hydrogen-bond acceptors (Lipinski definition) is 7. The molecule has 4 aromatic rings. The van der Waals surface area contributed by atoms with E-state index >= 15 is 0 Å². The van der Waals surface area contributed by atoms with Gasteiger partial charge in [-0.25, -0.2) is 0 Å². The van der Waals surface area contributed by atoms with Crippen LogP contribution in [0.3, 0.4) is 0 Å². The van der Waals surface area contributed by atoms with Gasteiger partial charge >= 0.3 is 0 Å². The highest BCUT2D eigenvalue weighted by Crippen LogP contribution is 2.25. The molecule has 0 aliphatic rings. The molecule has 0 amide bonds. The maximum absolute atomic E-state index is 5.79. The lowest BCUT2D eigenvalue weighted by molar-refractivity contribution is 0.528. The summed E-state index contributed by atoms with van der Waals surface area (Å²) in [7, 11) is 0. The highest BCUT2D eigenvalue weighted by Gasteiger charge is 2.13. The SMILES string of the molecule is Cc1cccc(-c2nnc(CSc3nnnn3-c3cc(C)cc(C)c3)o2)c1. The number of benzene rings is 2. The molecule has 7 nitrogen and oxygen atoms in total. The first kappa shape index (κ1) is 17.4. The van der Waals surface area contributed by atoms with Crippen molar-refractivity contribution in [1.82, 2.24) is 30.4 Å². The molecular weight excluding hydrogens is 360 g/mol. The molecule has 0 fully saturated rings. The first-order chi connectivity index (χ1) is 13.1. The molecule has 136 valence electrons. The zero-order chi connectivity index (χ0) is 18.8. The van der Waals surface area contributed by atoms with E-state index in [1.165, 1.54) is 11.8 Å². The highest BCUT2D eigenvalue weighted by molar-refractivity contribution is 7.98. The Kier molecular flexibility index (Phi) is 4.72. The van der Waals surface area contributed by atoms with E-state index in [0.717, 1.165) is 27.9 Å². The van der Waals surface area contributed by atoms with Crippen molar-refractivity contribution < 1.29 is 4.42 Å². The minimum atomic E-state index is 0.490. The predicted molar refractivity (Wildman–Crippen MR) is 103 cm³/mol. The summed E-state index contributed by atoms with van der Waals surface area (Å²) in [6.07, 6.45) is 0. The molecule has 8 heteroatoms. The van der Waals surface area contributed by atoms with Gasteiger partial charge in [0.2, 0.25) is 16.9 Å². The summed E-state index contributed by atoms with van der Waals surface area (Å²) < 4.78 is 7.51. The van der Waals surface area contributed by atoms with E-state index in [1.54, 1.807) is 4.68 Å². The molecule has 0 N–H and O–H groups in total. The number of rotatable bonds is 5. The standard InChI is InChI=1S/C19H18N6OS/c1-12-5-4-6-15(8-12)18-21-20-17(26-18)11-27-19-22-23-24-25(19)16-9-13(2)7-14(3)10-16/h4-10H,11H2,1-3H3. The third kappa shape index (κ3) is 3.90. The largest absolute Gasteiger partial charge is 0.420 e. The molecule has 0 aliphatic heterocycles. The van der Waals surface area contributed by atoms with Gasteiger partial charge in [0.05, 0.1) is 11.4 Å². The molecule has 0 saturated carbocycles. The van der Waals surface area contributed by atoms with Crippen molar-refractivity contribution >= 4 is 11.8 Å². The van der Waals surface area contributed by atoms with Crippen molar-refractivity contribution in [3.8, 4) is 17.1 Å². The minimum Gasteiger partial charge on any atom is -0.420 e. The summed E-state index contributed by atoms with van der Waals surface area (Å²) in [6, 6.07) is 14.2. The zero-order valence-electron chi connectivity index (χ0n) is 15.2. The van der Waals surface area contributed by atoms with Crippen LogP contribution < -0.4 is 0 Å². The minimum absolute atomic E-state index is 0.490. The van der Waals surface area contributed by atoms with Crippen LogP contribution >= 0.6 is 11.8 Å². The number of aromatic nitrogens is 6. The third-order valence-electron chi connectivity index (χ3n) is 3.95. The molecule has 4 rings (SSSR count). The van der Waals surface area contributed by atoms with Gasteiger partial charge in [0.1, 0.15) is 0 Å². The second-order valence-electron chi connectivity index (χ2n) is 6.38. The van der Waals surface area contributed by atoms with Crippen molar-refractivity contribution in [2.45, 2.75) is 31.7 Å². The fourth-order valence-corrected chi connectivity index (χ4v) is 3.56. The van der Waals surface area contributed by atoms with E-state index in [4.69, 9.17) is 4.42 Å². The van der Waals surface area contributed by atoms with Gasteiger partial charge < -0.3 is 4.42 Å². The van der Waals surface area contributed by atoms with E-state index in [9.17, 15) is 0 Å². The van der Waals surface area contributed by atoms with Crippen molar-refractivity contribution in [3.05, 3.63) is 65.0 Å². The molecule has 0 saturated heterocycles. The molecule has 0 atom stereocenters. The van der Waals surface area contributed by atoms with Gasteiger partial charge in [0.25, 0.3) is 0 Å².